The van der Waals surface area contributed by atoms with Crippen molar-refractivity contribution in [2.45, 2.75) is 39.2 Å². The van der Waals surface area contributed by atoms with Crippen LogP contribution in [0.2, 0.25) is 0 Å². The van der Waals surface area contributed by atoms with Crippen LogP contribution in [0.25, 0.3) is 0 Å². The summed E-state index contributed by atoms with van der Waals surface area (Å²) in [6.07, 6.45) is 2.77. The minimum Gasteiger partial charge on any atom is -0.481 e. The average molecular weight is 275 g/mol. The third kappa shape index (κ3) is 3.83. The van der Waals surface area contributed by atoms with Gasteiger partial charge in [0.15, 0.2) is 0 Å². The van der Waals surface area contributed by atoms with E-state index in [0.717, 1.165) is 18.4 Å². The fraction of sp³-hybridized carbons (Fsp3) is 0.500. The standard InChI is InChI=1S/C16H21NO3/c1-11-4-2-5-12(8-11)10-17-15(18)13-6-3-7-14(9-13)16(19)20/h2,4-5,8,13-14H,3,6-7,9-10H2,1H3,(H,17,18)(H,19,20). The van der Waals surface area contributed by atoms with E-state index in [-0.39, 0.29) is 17.7 Å². The Morgan fingerprint density at radius 2 is 2.05 bits per heavy atom. The Morgan fingerprint density at radius 1 is 1.30 bits per heavy atom. The fourth-order valence-electron chi connectivity index (χ4n) is 2.81. The van der Waals surface area contributed by atoms with E-state index in [4.69, 9.17) is 5.11 Å². The van der Waals surface area contributed by atoms with Gasteiger partial charge in [0.05, 0.1) is 5.92 Å². The SMILES string of the molecule is Cc1cccc(CNC(=O)C2CCCC(C(=O)O)C2)c1. The molecule has 0 heterocycles. The first-order valence-electron chi connectivity index (χ1n) is 7.12. The van der Waals surface area contributed by atoms with Crippen LogP contribution in [0.5, 0.6) is 0 Å². The second-order valence-electron chi connectivity index (χ2n) is 5.61. The number of carboxylic acid groups (broad SMARTS) is 1. The molecule has 2 atom stereocenters. The summed E-state index contributed by atoms with van der Waals surface area (Å²) in [7, 11) is 0. The van der Waals surface area contributed by atoms with Crippen molar-refractivity contribution in [3.63, 3.8) is 0 Å². The first kappa shape index (κ1) is 14.6. The van der Waals surface area contributed by atoms with Crippen LogP contribution in [-0.4, -0.2) is 17.0 Å². The zero-order chi connectivity index (χ0) is 14.5. The second-order valence-corrected chi connectivity index (χ2v) is 5.61. The highest BCUT2D eigenvalue weighted by Crippen LogP contribution is 2.29. The van der Waals surface area contributed by atoms with Crippen LogP contribution in [0.15, 0.2) is 24.3 Å². The van der Waals surface area contributed by atoms with E-state index in [9.17, 15) is 9.59 Å². The third-order valence-corrected chi connectivity index (χ3v) is 3.94. The number of hydrogen-bond donors (Lipinski definition) is 2. The van der Waals surface area contributed by atoms with Crippen molar-refractivity contribution in [1.82, 2.24) is 5.32 Å². The maximum absolute atomic E-state index is 12.1. The molecule has 0 radical (unpaired) electrons. The lowest BCUT2D eigenvalue weighted by molar-refractivity contribution is -0.144. The minimum absolute atomic E-state index is 0.0162. The summed E-state index contributed by atoms with van der Waals surface area (Å²) in [4.78, 5) is 23.1. The number of aliphatic carboxylic acids is 1. The predicted molar refractivity (Wildman–Crippen MR) is 76.1 cm³/mol. The fourth-order valence-corrected chi connectivity index (χ4v) is 2.81. The molecule has 1 fully saturated rings. The topological polar surface area (TPSA) is 66.4 Å². The molecule has 0 aromatic heterocycles. The van der Waals surface area contributed by atoms with Crippen molar-refractivity contribution >= 4 is 11.9 Å². The Morgan fingerprint density at radius 3 is 2.75 bits per heavy atom. The van der Waals surface area contributed by atoms with Crippen LogP contribution in [0.3, 0.4) is 0 Å². The molecular formula is C16H21NO3. The smallest absolute Gasteiger partial charge is 0.306 e. The van der Waals surface area contributed by atoms with Crippen LogP contribution in [0.1, 0.15) is 36.8 Å². The summed E-state index contributed by atoms with van der Waals surface area (Å²) in [5.41, 5.74) is 2.24. The number of carboxylic acids is 1. The second kappa shape index (κ2) is 6.55. The number of aryl methyl sites for hydroxylation is 1. The van der Waals surface area contributed by atoms with Crippen LogP contribution in [0.4, 0.5) is 0 Å². The first-order valence-corrected chi connectivity index (χ1v) is 7.12. The minimum atomic E-state index is -0.777. The molecule has 1 aliphatic carbocycles. The Kier molecular flexibility index (Phi) is 4.77. The molecule has 4 heteroatoms. The van der Waals surface area contributed by atoms with E-state index in [1.54, 1.807) is 0 Å². The van der Waals surface area contributed by atoms with Crippen molar-refractivity contribution in [2.24, 2.45) is 11.8 Å². The van der Waals surface area contributed by atoms with Gasteiger partial charge in [0.1, 0.15) is 0 Å². The lowest BCUT2D eigenvalue weighted by Crippen LogP contribution is -2.35. The maximum atomic E-state index is 12.1. The summed E-state index contributed by atoms with van der Waals surface area (Å²) >= 11 is 0. The number of nitrogens with one attached hydrogen (secondary N) is 1. The highest BCUT2D eigenvalue weighted by atomic mass is 16.4. The van der Waals surface area contributed by atoms with Gasteiger partial charge in [0.2, 0.25) is 5.91 Å². The zero-order valence-electron chi connectivity index (χ0n) is 11.8. The summed E-state index contributed by atoms with van der Waals surface area (Å²) in [6, 6.07) is 8.01. The summed E-state index contributed by atoms with van der Waals surface area (Å²) < 4.78 is 0. The average Bonchev–Trinajstić information content (AvgIpc) is 2.45. The molecule has 1 aromatic carbocycles. The number of hydrogen-bond acceptors (Lipinski definition) is 2. The Hall–Kier alpha value is -1.84. The van der Waals surface area contributed by atoms with Gasteiger partial charge in [-0.25, -0.2) is 0 Å². The Bertz CT molecular complexity index is 498. The number of carbonyl (C=O) groups excluding carboxylic acids is 1. The molecule has 1 aliphatic rings. The van der Waals surface area contributed by atoms with E-state index in [1.165, 1.54) is 5.56 Å². The molecule has 0 saturated heterocycles. The highest BCUT2D eigenvalue weighted by molar-refractivity contribution is 5.80. The van der Waals surface area contributed by atoms with Gasteiger partial charge in [-0.15, -0.1) is 0 Å². The maximum Gasteiger partial charge on any atom is 0.306 e. The van der Waals surface area contributed by atoms with Gasteiger partial charge in [-0.05, 0) is 31.7 Å². The largest absolute Gasteiger partial charge is 0.481 e. The van der Waals surface area contributed by atoms with Gasteiger partial charge < -0.3 is 10.4 Å². The molecule has 108 valence electrons. The van der Waals surface area contributed by atoms with Gasteiger partial charge in [-0.3, -0.25) is 9.59 Å². The van der Waals surface area contributed by atoms with E-state index in [0.29, 0.717) is 19.4 Å². The van der Waals surface area contributed by atoms with Crippen LogP contribution in [-0.2, 0) is 16.1 Å². The molecular weight excluding hydrogens is 254 g/mol. The highest BCUT2D eigenvalue weighted by Gasteiger charge is 2.30. The molecule has 2 rings (SSSR count). The quantitative estimate of drug-likeness (QED) is 0.887. The van der Waals surface area contributed by atoms with Crippen molar-refractivity contribution in [1.29, 1.82) is 0 Å². The first-order chi connectivity index (χ1) is 9.56. The predicted octanol–water partition coefficient (Wildman–Crippen LogP) is 2.50. The summed E-state index contributed by atoms with van der Waals surface area (Å²) in [5, 5.41) is 12.0. The number of benzene rings is 1. The molecule has 1 amide bonds. The van der Waals surface area contributed by atoms with Crippen molar-refractivity contribution in [3.05, 3.63) is 35.4 Å². The third-order valence-electron chi connectivity index (χ3n) is 3.94. The molecule has 0 aliphatic heterocycles. The monoisotopic (exact) mass is 275 g/mol. The lowest BCUT2D eigenvalue weighted by Gasteiger charge is -2.25. The Balaban J connectivity index is 1.87. The molecule has 20 heavy (non-hydrogen) atoms. The van der Waals surface area contributed by atoms with Crippen molar-refractivity contribution in [2.75, 3.05) is 0 Å². The normalized spacial score (nSPS) is 22.2. The van der Waals surface area contributed by atoms with E-state index >= 15 is 0 Å². The summed E-state index contributed by atoms with van der Waals surface area (Å²) in [6.45, 7) is 2.53. The van der Waals surface area contributed by atoms with Crippen LogP contribution in [0, 0.1) is 18.8 Å². The van der Waals surface area contributed by atoms with Crippen LogP contribution < -0.4 is 5.32 Å². The number of rotatable bonds is 4. The Labute approximate surface area is 119 Å². The van der Waals surface area contributed by atoms with Gasteiger partial charge in [0, 0.05) is 12.5 Å². The van der Waals surface area contributed by atoms with Gasteiger partial charge >= 0.3 is 5.97 Å². The van der Waals surface area contributed by atoms with Gasteiger partial charge in [-0.1, -0.05) is 36.2 Å². The molecule has 0 spiro atoms. The van der Waals surface area contributed by atoms with E-state index < -0.39 is 5.97 Å². The van der Waals surface area contributed by atoms with Crippen molar-refractivity contribution < 1.29 is 14.7 Å². The molecule has 1 aromatic rings. The molecule has 4 nitrogen and oxygen atoms in total. The van der Waals surface area contributed by atoms with E-state index in [2.05, 4.69) is 5.32 Å². The van der Waals surface area contributed by atoms with Crippen LogP contribution >= 0.6 is 0 Å². The van der Waals surface area contributed by atoms with E-state index in [1.807, 2.05) is 31.2 Å². The molecule has 1 saturated carbocycles. The van der Waals surface area contributed by atoms with Gasteiger partial charge in [-0.2, -0.15) is 0 Å². The molecule has 0 bridgehead atoms. The number of amides is 1. The molecule has 2 N–H and O–H groups in total. The number of carbonyl (C=O) groups is 2. The zero-order valence-corrected chi connectivity index (χ0v) is 11.8. The molecule has 2 unspecified atom stereocenters. The summed E-state index contributed by atoms with van der Waals surface area (Å²) in [5.74, 6) is -1.31. The lowest BCUT2D eigenvalue weighted by atomic mass is 9.81. The van der Waals surface area contributed by atoms with Gasteiger partial charge in [0.25, 0.3) is 0 Å². The van der Waals surface area contributed by atoms with Crippen molar-refractivity contribution in [3.8, 4) is 0 Å².